The second kappa shape index (κ2) is 8.31. The zero-order valence-corrected chi connectivity index (χ0v) is 15.4. The number of nitrogens with one attached hydrogen (secondary N) is 1. The van der Waals surface area contributed by atoms with Gasteiger partial charge >= 0.3 is 0 Å². The fourth-order valence-corrected chi connectivity index (χ4v) is 3.72. The van der Waals surface area contributed by atoms with Crippen LogP contribution in [0.3, 0.4) is 0 Å². The van der Waals surface area contributed by atoms with Gasteiger partial charge in [-0.25, -0.2) is 4.39 Å². The van der Waals surface area contributed by atoms with Crippen molar-refractivity contribution in [3.63, 3.8) is 0 Å². The molecule has 0 radical (unpaired) electrons. The van der Waals surface area contributed by atoms with E-state index in [9.17, 15) is 9.18 Å². The number of amides is 1. The Balaban J connectivity index is 1.44. The number of nitrogens with zero attached hydrogens (tertiary/aromatic N) is 2. The zero-order chi connectivity index (χ0) is 17.6. The van der Waals surface area contributed by atoms with Gasteiger partial charge in [-0.05, 0) is 48.7 Å². The maximum atomic E-state index is 12.8. The van der Waals surface area contributed by atoms with Crippen LogP contribution in [0.25, 0.3) is 10.6 Å². The molecule has 3 aromatic rings. The Bertz CT molecular complexity index is 829. The summed E-state index contributed by atoms with van der Waals surface area (Å²) in [6.07, 6.45) is 0. The molecule has 0 atom stereocenters. The second-order valence-corrected chi connectivity index (χ2v) is 7.46. The predicted molar refractivity (Wildman–Crippen MR) is 100 cm³/mol. The summed E-state index contributed by atoms with van der Waals surface area (Å²) in [7, 11) is 0. The topological polar surface area (TPSA) is 46.9 Å². The van der Waals surface area contributed by atoms with Crippen LogP contribution in [0, 0.1) is 12.7 Å². The normalized spacial score (nSPS) is 10.8. The zero-order valence-electron chi connectivity index (χ0n) is 13.7. The largest absolute Gasteiger partial charge is 0.354 e. The molecule has 0 spiro atoms. The molecule has 0 unspecified atom stereocenters. The van der Waals surface area contributed by atoms with Crippen LogP contribution in [-0.4, -0.2) is 28.0 Å². The molecule has 0 saturated carbocycles. The van der Waals surface area contributed by atoms with E-state index in [4.69, 9.17) is 0 Å². The summed E-state index contributed by atoms with van der Waals surface area (Å²) in [6.45, 7) is 3.16. The summed E-state index contributed by atoms with van der Waals surface area (Å²) >= 11 is 3.05. The van der Waals surface area contributed by atoms with Gasteiger partial charge in [-0.15, -0.1) is 23.1 Å². The van der Waals surface area contributed by atoms with Gasteiger partial charge in [0.2, 0.25) is 5.91 Å². The summed E-state index contributed by atoms with van der Waals surface area (Å²) < 4.78 is 14.7. The Morgan fingerprint density at radius 2 is 2.12 bits per heavy atom. The van der Waals surface area contributed by atoms with Crippen molar-refractivity contribution in [3.8, 4) is 10.6 Å². The van der Waals surface area contributed by atoms with Crippen LogP contribution in [-0.2, 0) is 11.3 Å². The molecule has 1 amide bonds. The molecule has 0 bridgehead atoms. The highest BCUT2D eigenvalue weighted by Crippen LogP contribution is 2.23. The third-order valence-electron chi connectivity index (χ3n) is 3.58. The van der Waals surface area contributed by atoms with E-state index in [1.165, 1.54) is 23.9 Å². The quantitative estimate of drug-likeness (QED) is 0.636. The molecule has 0 aliphatic rings. The molecular weight excluding hydrogens is 357 g/mol. The van der Waals surface area contributed by atoms with Crippen molar-refractivity contribution in [2.45, 2.75) is 18.4 Å². The lowest BCUT2D eigenvalue weighted by Crippen LogP contribution is -2.29. The fraction of sp³-hybridized carbons (Fsp3) is 0.222. The van der Waals surface area contributed by atoms with Crippen LogP contribution < -0.4 is 5.32 Å². The monoisotopic (exact) mass is 375 g/mol. The van der Waals surface area contributed by atoms with Crippen molar-refractivity contribution in [2.75, 3.05) is 12.3 Å². The molecule has 130 valence electrons. The highest BCUT2D eigenvalue weighted by atomic mass is 32.2. The molecule has 7 heteroatoms. The number of halogens is 1. The van der Waals surface area contributed by atoms with Gasteiger partial charge in [-0.1, -0.05) is 6.07 Å². The van der Waals surface area contributed by atoms with E-state index in [1.54, 1.807) is 23.5 Å². The summed E-state index contributed by atoms with van der Waals surface area (Å²) in [6, 6.07) is 12.2. The van der Waals surface area contributed by atoms with Gasteiger partial charge < -0.3 is 5.32 Å². The van der Waals surface area contributed by atoms with E-state index in [2.05, 4.69) is 16.5 Å². The molecule has 25 heavy (non-hydrogen) atoms. The van der Waals surface area contributed by atoms with Crippen LogP contribution >= 0.6 is 23.1 Å². The second-order valence-electron chi connectivity index (χ2n) is 5.46. The molecule has 2 heterocycles. The van der Waals surface area contributed by atoms with Gasteiger partial charge in [0, 0.05) is 17.1 Å². The van der Waals surface area contributed by atoms with Gasteiger partial charge in [0.05, 0.1) is 17.2 Å². The third kappa shape index (κ3) is 4.93. The molecule has 0 fully saturated rings. The van der Waals surface area contributed by atoms with Gasteiger partial charge in [-0.3, -0.25) is 9.48 Å². The first kappa shape index (κ1) is 17.7. The molecular formula is C18H18FN3OS2. The van der Waals surface area contributed by atoms with Crippen LogP contribution in [0.4, 0.5) is 4.39 Å². The molecule has 1 aromatic carbocycles. The molecule has 0 saturated heterocycles. The number of rotatable bonds is 7. The van der Waals surface area contributed by atoms with E-state index in [1.807, 2.05) is 29.1 Å². The van der Waals surface area contributed by atoms with Crippen molar-refractivity contribution in [1.29, 1.82) is 0 Å². The molecule has 4 nitrogen and oxygen atoms in total. The Kier molecular flexibility index (Phi) is 5.88. The fourth-order valence-electron chi connectivity index (χ4n) is 2.31. The third-order valence-corrected chi connectivity index (χ3v) is 5.49. The lowest BCUT2D eigenvalue weighted by Gasteiger charge is -2.07. The summed E-state index contributed by atoms with van der Waals surface area (Å²) in [4.78, 5) is 13.9. The number of aryl methyl sites for hydroxylation is 1. The van der Waals surface area contributed by atoms with Gasteiger partial charge in [0.25, 0.3) is 0 Å². The highest BCUT2D eigenvalue weighted by molar-refractivity contribution is 8.00. The summed E-state index contributed by atoms with van der Waals surface area (Å²) in [5.74, 6) is -0.00705. The summed E-state index contributed by atoms with van der Waals surface area (Å²) in [5.41, 5.74) is 2.03. The SMILES string of the molecule is Cc1cc(-c2cccs2)nn1CCNC(=O)CSc1ccc(F)cc1. The lowest BCUT2D eigenvalue weighted by atomic mass is 10.3. The predicted octanol–water partition coefficient (Wildman–Crippen LogP) is 3.97. The average molecular weight is 375 g/mol. The number of hydrogen-bond acceptors (Lipinski definition) is 4. The smallest absolute Gasteiger partial charge is 0.230 e. The Morgan fingerprint density at radius 1 is 1.32 bits per heavy atom. The lowest BCUT2D eigenvalue weighted by molar-refractivity contribution is -0.118. The van der Waals surface area contributed by atoms with Crippen LogP contribution in [0.5, 0.6) is 0 Å². The van der Waals surface area contributed by atoms with Crippen LogP contribution in [0.1, 0.15) is 5.69 Å². The number of hydrogen-bond donors (Lipinski definition) is 1. The maximum Gasteiger partial charge on any atom is 0.230 e. The average Bonchev–Trinajstić information content (AvgIpc) is 3.25. The number of benzene rings is 1. The van der Waals surface area contributed by atoms with E-state index < -0.39 is 0 Å². The standard InChI is InChI=1S/C18H18FN3OS2/c1-13-11-16(17-3-2-10-24-17)21-22(13)9-8-20-18(23)12-25-15-6-4-14(19)5-7-15/h2-7,10-11H,8-9,12H2,1H3,(H,20,23). The van der Waals surface area contributed by atoms with E-state index >= 15 is 0 Å². The first-order valence-corrected chi connectivity index (χ1v) is 9.72. The minimum absolute atomic E-state index is 0.0439. The number of carbonyl (C=O) groups is 1. The minimum Gasteiger partial charge on any atom is -0.354 e. The Labute approximate surface area is 154 Å². The van der Waals surface area contributed by atoms with Crippen molar-refractivity contribution < 1.29 is 9.18 Å². The maximum absolute atomic E-state index is 12.8. The molecule has 0 aliphatic carbocycles. The highest BCUT2D eigenvalue weighted by Gasteiger charge is 2.08. The van der Waals surface area contributed by atoms with Gasteiger partial charge in [0.1, 0.15) is 11.5 Å². The number of carbonyl (C=O) groups excluding carboxylic acids is 1. The molecule has 3 rings (SSSR count). The van der Waals surface area contributed by atoms with E-state index in [0.717, 1.165) is 21.2 Å². The Hall–Kier alpha value is -2.12. The minimum atomic E-state index is -0.273. The molecule has 1 N–H and O–H groups in total. The van der Waals surface area contributed by atoms with Crippen molar-refractivity contribution >= 4 is 29.0 Å². The van der Waals surface area contributed by atoms with Crippen molar-refractivity contribution in [2.24, 2.45) is 0 Å². The number of thiophene rings is 1. The van der Waals surface area contributed by atoms with Gasteiger partial charge in [0.15, 0.2) is 0 Å². The number of thioether (sulfide) groups is 1. The van der Waals surface area contributed by atoms with E-state index in [0.29, 0.717) is 18.8 Å². The first-order valence-electron chi connectivity index (χ1n) is 7.85. The van der Waals surface area contributed by atoms with E-state index in [-0.39, 0.29) is 11.7 Å². The molecule has 2 aromatic heterocycles. The number of aromatic nitrogens is 2. The molecule has 0 aliphatic heterocycles. The van der Waals surface area contributed by atoms with Crippen molar-refractivity contribution in [3.05, 3.63) is 59.4 Å². The Morgan fingerprint density at radius 3 is 2.84 bits per heavy atom. The first-order chi connectivity index (χ1) is 12.1. The van der Waals surface area contributed by atoms with Crippen molar-refractivity contribution in [1.82, 2.24) is 15.1 Å². The van der Waals surface area contributed by atoms with Crippen LogP contribution in [0.15, 0.2) is 52.7 Å². The summed E-state index contributed by atoms with van der Waals surface area (Å²) in [5, 5.41) is 9.51. The van der Waals surface area contributed by atoms with Crippen LogP contribution in [0.2, 0.25) is 0 Å². The van der Waals surface area contributed by atoms with Gasteiger partial charge in [-0.2, -0.15) is 5.10 Å².